The third-order valence-electron chi connectivity index (χ3n) is 6.62. The van der Waals surface area contributed by atoms with Crippen LogP contribution in [0.25, 0.3) is 0 Å². The van der Waals surface area contributed by atoms with Gasteiger partial charge in [0.15, 0.2) is 0 Å². The Labute approximate surface area is 128 Å². The number of carbonyl (C=O) groups excluding carboxylic acids is 1. The van der Waals surface area contributed by atoms with Gasteiger partial charge in [-0.05, 0) is 31.1 Å². The summed E-state index contributed by atoms with van der Waals surface area (Å²) in [6.07, 6.45) is 5.59. The van der Waals surface area contributed by atoms with Crippen molar-refractivity contribution in [3.05, 3.63) is 0 Å². The molecule has 2 saturated carbocycles. The van der Waals surface area contributed by atoms with E-state index in [0.29, 0.717) is 0 Å². The smallest absolute Gasteiger partial charge is 0.241 e. The summed E-state index contributed by atoms with van der Waals surface area (Å²) in [6.45, 7) is 9.45. The van der Waals surface area contributed by atoms with Gasteiger partial charge in [-0.1, -0.05) is 34.1 Å². The van der Waals surface area contributed by atoms with Crippen LogP contribution in [-0.2, 0) is 9.53 Å². The first kappa shape index (κ1) is 15.3. The summed E-state index contributed by atoms with van der Waals surface area (Å²) < 4.78 is 5.89. The van der Waals surface area contributed by atoms with Crippen LogP contribution in [0.1, 0.15) is 59.8 Å². The van der Waals surface area contributed by atoms with Crippen LogP contribution >= 0.6 is 0 Å². The first-order valence-corrected chi connectivity index (χ1v) is 8.43. The molecule has 3 rings (SSSR count). The van der Waals surface area contributed by atoms with E-state index in [1.165, 1.54) is 12.8 Å². The molecule has 1 heterocycles. The van der Waals surface area contributed by atoms with Crippen molar-refractivity contribution >= 4 is 5.91 Å². The largest absolute Gasteiger partial charge is 0.377 e. The number of carbonyl (C=O) groups is 1. The van der Waals surface area contributed by atoms with Crippen molar-refractivity contribution in [1.82, 2.24) is 5.32 Å². The van der Waals surface area contributed by atoms with E-state index in [1.807, 2.05) is 0 Å². The fourth-order valence-corrected chi connectivity index (χ4v) is 4.91. The van der Waals surface area contributed by atoms with Gasteiger partial charge in [0.25, 0.3) is 0 Å². The van der Waals surface area contributed by atoms with E-state index in [1.54, 1.807) is 0 Å². The Morgan fingerprint density at radius 1 is 1.19 bits per heavy atom. The SMILES string of the molecule is CC1(C)CCCC1NC(=O)C1(N)C2CCCOC2C1(C)C. The summed E-state index contributed by atoms with van der Waals surface area (Å²) in [5.41, 5.74) is 5.77. The Kier molecular flexibility index (Phi) is 3.42. The standard InChI is InChI=1S/C17H30N2O2/c1-15(2)9-5-8-12(15)19-14(20)17(18)11-7-6-10-21-13(11)16(17,3)4/h11-13H,5-10,18H2,1-4H3,(H,19,20). The lowest BCUT2D eigenvalue weighted by Crippen LogP contribution is -2.82. The number of hydrogen-bond donors (Lipinski definition) is 2. The minimum Gasteiger partial charge on any atom is -0.377 e. The van der Waals surface area contributed by atoms with E-state index in [9.17, 15) is 4.79 Å². The second-order valence-corrected chi connectivity index (χ2v) is 8.54. The van der Waals surface area contributed by atoms with Crippen LogP contribution in [0.4, 0.5) is 0 Å². The summed E-state index contributed by atoms with van der Waals surface area (Å²) in [4.78, 5) is 13.0. The highest BCUT2D eigenvalue weighted by Gasteiger charge is 2.70. The number of hydrogen-bond acceptors (Lipinski definition) is 3. The lowest BCUT2D eigenvalue weighted by atomic mass is 9.46. The summed E-state index contributed by atoms with van der Waals surface area (Å²) in [7, 11) is 0. The topological polar surface area (TPSA) is 64.4 Å². The Morgan fingerprint density at radius 3 is 2.52 bits per heavy atom. The normalized spacial score (nSPS) is 43.8. The van der Waals surface area contributed by atoms with Crippen molar-refractivity contribution in [2.75, 3.05) is 6.61 Å². The monoisotopic (exact) mass is 294 g/mol. The molecule has 0 aromatic heterocycles. The first-order chi connectivity index (χ1) is 9.71. The van der Waals surface area contributed by atoms with Gasteiger partial charge >= 0.3 is 0 Å². The van der Waals surface area contributed by atoms with Gasteiger partial charge < -0.3 is 15.8 Å². The Morgan fingerprint density at radius 2 is 1.90 bits per heavy atom. The van der Waals surface area contributed by atoms with E-state index in [4.69, 9.17) is 10.5 Å². The Bertz CT molecular complexity index is 446. The maximum absolute atomic E-state index is 13.0. The number of nitrogens with one attached hydrogen (secondary N) is 1. The van der Waals surface area contributed by atoms with E-state index in [2.05, 4.69) is 33.0 Å². The predicted molar refractivity (Wildman–Crippen MR) is 82.7 cm³/mol. The van der Waals surface area contributed by atoms with E-state index >= 15 is 0 Å². The molecule has 0 radical (unpaired) electrons. The van der Waals surface area contributed by atoms with Crippen LogP contribution < -0.4 is 11.1 Å². The van der Waals surface area contributed by atoms with Gasteiger partial charge in [-0.15, -0.1) is 0 Å². The fourth-order valence-electron chi connectivity index (χ4n) is 4.91. The molecule has 3 fully saturated rings. The van der Waals surface area contributed by atoms with Crippen molar-refractivity contribution in [2.24, 2.45) is 22.5 Å². The molecule has 3 aliphatic rings. The van der Waals surface area contributed by atoms with Gasteiger partial charge in [0.2, 0.25) is 5.91 Å². The van der Waals surface area contributed by atoms with Crippen LogP contribution in [0.3, 0.4) is 0 Å². The van der Waals surface area contributed by atoms with E-state index < -0.39 is 5.54 Å². The maximum Gasteiger partial charge on any atom is 0.241 e. The zero-order valence-corrected chi connectivity index (χ0v) is 13.9. The fraction of sp³-hybridized carbons (Fsp3) is 0.941. The van der Waals surface area contributed by atoms with E-state index in [-0.39, 0.29) is 34.8 Å². The van der Waals surface area contributed by atoms with Gasteiger partial charge in [-0.2, -0.15) is 0 Å². The molecule has 3 N–H and O–H groups in total. The number of ether oxygens (including phenoxy) is 1. The van der Waals surface area contributed by atoms with Crippen molar-refractivity contribution in [3.8, 4) is 0 Å². The van der Waals surface area contributed by atoms with Crippen LogP contribution in [-0.4, -0.2) is 30.2 Å². The molecule has 1 aliphatic heterocycles. The molecule has 4 atom stereocenters. The van der Waals surface area contributed by atoms with Gasteiger partial charge in [0.05, 0.1) is 6.10 Å². The minimum absolute atomic E-state index is 0.0409. The highest BCUT2D eigenvalue weighted by molar-refractivity contribution is 5.89. The average Bonchev–Trinajstić information content (AvgIpc) is 2.76. The zero-order valence-electron chi connectivity index (χ0n) is 13.9. The molecule has 2 aliphatic carbocycles. The van der Waals surface area contributed by atoms with E-state index in [0.717, 1.165) is 25.9 Å². The highest BCUT2D eigenvalue weighted by atomic mass is 16.5. The highest BCUT2D eigenvalue weighted by Crippen LogP contribution is 2.57. The lowest BCUT2D eigenvalue weighted by molar-refractivity contribution is -0.225. The lowest BCUT2D eigenvalue weighted by Gasteiger charge is -2.65. The molecule has 1 amide bonds. The van der Waals surface area contributed by atoms with Crippen molar-refractivity contribution in [2.45, 2.75) is 77.5 Å². The van der Waals surface area contributed by atoms with Gasteiger partial charge in [0, 0.05) is 24.0 Å². The van der Waals surface area contributed by atoms with Crippen LogP contribution in [0.5, 0.6) is 0 Å². The summed E-state index contributed by atoms with van der Waals surface area (Å²) in [6, 6.07) is 0.254. The molecular formula is C17H30N2O2. The summed E-state index contributed by atoms with van der Waals surface area (Å²) >= 11 is 0. The molecule has 0 aromatic carbocycles. The minimum atomic E-state index is -0.781. The molecule has 1 saturated heterocycles. The summed E-state index contributed by atoms with van der Waals surface area (Å²) in [5.74, 6) is 0.213. The molecule has 4 unspecified atom stereocenters. The van der Waals surface area contributed by atoms with Crippen LogP contribution in [0.15, 0.2) is 0 Å². The molecule has 0 spiro atoms. The van der Waals surface area contributed by atoms with Crippen molar-refractivity contribution in [3.63, 3.8) is 0 Å². The van der Waals surface area contributed by atoms with Crippen LogP contribution in [0, 0.1) is 16.7 Å². The first-order valence-electron chi connectivity index (χ1n) is 8.43. The number of rotatable bonds is 2. The second kappa shape index (κ2) is 4.69. The molecule has 21 heavy (non-hydrogen) atoms. The van der Waals surface area contributed by atoms with Crippen molar-refractivity contribution < 1.29 is 9.53 Å². The predicted octanol–water partition coefficient (Wildman–Crippen LogP) is 2.21. The third-order valence-corrected chi connectivity index (χ3v) is 6.62. The van der Waals surface area contributed by atoms with Crippen molar-refractivity contribution in [1.29, 1.82) is 0 Å². The molecule has 120 valence electrons. The second-order valence-electron chi connectivity index (χ2n) is 8.54. The Hall–Kier alpha value is -0.610. The molecular weight excluding hydrogens is 264 g/mol. The van der Waals surface area contributed by atoms with Crippen LogP contribution in [0.2, 0.25) is 0 Å². The quantitative estimate of drug-likeness (QED) is 0.820. The molecule has 4 nitrogen and oxygen atoms in total. The zero-order chi connectivity index (χ0) is 15.5. The number of fused-ring (bicyclic) bond motifs is 1. The number of amides is 1. The molecule has 0 bridgehead atoms. The number of nitrogens with two attached hydrogens (primary N) is 1. The molecule has 4 heteroatoms. The third kappa shape index (κ3) is 1.98. The van der Waals surface area contributed by atoms with Gasteiger partial charge in [-0.25, -0.2) is 0 Å². The van der Waals surface area contributed by atoms with Gasteiger partial charge in [0.1, 0.15) is 5.54 Å². The Balaban J connectivity index is 1.77. The maximum atomic E-state index is 13.0. The average molecular weight is 294 g/mol. The van der Waals surface area contributed by atoms with Gasteiger partial charge in [-0.3, -0.25) is 4.79 Å². The summed E-state index contributed by atoms with van der Waals surface area (Å²) in [5, 5.41) is 3.28. The molecule has 0 aromatic rings.